The highest BCUT2D eigenvalue weighted by atomic mass is 32.2. The van der Waals surface area contributed by atoms with Crippen molar-refractivity contribution in [1.82, 2.24) is 9.72 Å². The summed E-state index contributed by atoms with van der Waals surface area (Å²) in [7, 11) is -2.62. The van der Waals surface area contributed by atoms with Crippen molar-refractivity contribution in [2.24, 2.45) is 5.92 Å². The normalized spacial score (nSPS) is 12.9. The van der Waals surface area contributed by atoms with Crippen LogP contribution in [0.2, 0.25) is 0 Å². The molecule has 0 aliphatic rings. The molecule has 0 aliphatic carbocycles. The van der Waals surface area contributed by atoms with Gasteiger partial charge in [0.1, 0.15) is 12.0 Å². The Morgan fingerprint density at radius 1 is 1.16 bits per heavy atom. The van der Waals surface area contributed by atoms with E-state index in [9.17, 15) is 26.4 Å². The zero-order valence-electron chi connectivity index (χ0n) is 19.3. The molecule has 0 saturated carbocycles. The number of fused-ring (bicyclic) bond motifs is 1. The fourth-order valence-electron chi connectivity index (χ4n) is 3.83. The summed E-state index contributed by atoms with van der Waals surface area (Å²) < 4.78 is 78.1. The number of pyridine rings is 1. The van der Waals surface area contributed by atoms with E-state index in [-0.39, 0.29) is 29.3 Å². The maximum atomic E-state index is 13.0. The standard InChI is InChI=1S/C24H21F3N4O5S/c1-35-21-12-15(2-5-17(14-28)24(25,26)27)3-7-20(21)31-19-8-6-18(13-16(19)4-9-23(31)32)37(33,34)30-22-10-11-36-29-22/h3-4,6-14,17,28H,2,5H2,1H3,(H,29,30)/t17-/m0/s1. The van der Waals surface area contributed by atoms with Crippen LogP contribution in [0.5, 0.6) is 5.75 Å². The zero-order chi connectivity index (χ0) is 26.8. The van der Waals surface area contributed by atoms with E-state index < -0.39 is 27.7 Å². The van der Waals surface area contributed by atoms with E-state index in [1.807, 2.05) is 0 Å². The fraction of sp³-hybridized carbons (Fsp3) is 0.208. The number of ether oxygens (including phenoxy) is 1. The molecular formula is C24H21F3N4O5S. The lowest BCUT2D eigenvalue weighted by atomic mass is 9.99. The van der Waals surface area contributed by atoms with Crippen molar-refractivity contribution < 1.29 is 30.8 Å². The van der Waals surface area contributed by atoms with E-state index in [1.54, 1.807) is 18.2 Å². The number of anilines is 1. The predicted molar refractivity (Wildman–Crippen MR) is 130 cm³/mol. The van der Waals surface area contributed by atoms with Gasteiger partial charge in [0.2, 0.25) is 0 Å². The molecule has 2 aromatic heterocycles. The van der Waals surface area contributed by atoms with Crippen LogP contribution in [0.25, 0.3) is 16.6 Å². The van der Waals surface area contributed by atoms with Gasteiger partial charge in [-0.25, -0.2) is 8.42 Å². The summed E-state index contributed by atoms with van der Waals surface area (Å²) in [5.41, 5.74) is 0.839. The molecule has 1 atom stereocenters. The number of methoxy groups -OCH3 is 1. The highest BCUT2D eigenvalue weighted by Crippen LogP contribution is 2.31. The number of nitrogens with zero attached hydrogens (tertiary/aromatic N) is 2. The number of alkyl halides is 3. The van der Waals surface area contributed by atoms with Crippen LogP contribution in [0.4, 0.5) is 19.0 Å². The Balaban J connectivity index is 1.70. The summed E-state index contributed by atoms with van der Waals surface area (Å²) in [4.78, 5) is 12.8. The molecule has 13 heteroatoms. The van der Waals surface area contributed by atoms with Gasteiger partial charge >= 0.3 is 6.18 Å². The predicted octanol–water partition coefficient (Wildman–Crippen LogP) is 4.55. The first kappa shape index (κ1) is 25.9. The third kappa shape index (κ3) is 5.50. The summed E-state index contributed by atoms with van der Waals surface area (Å²) in [5.74, 6) is -1.60. The number of hydrogen-bond donors (Lipinski definition) is 2. The molecule has 4 rings (SSSR count). The zero-order valence-corrected chi connectivity index (χ0v) is 20.1. The van der Waals surface area contributed by atoms with Gasteiger partial charge in [0.15, 0.2) is 5.82 Å². The maximum Gasteiger partial charge on any atom is 0.396 e. The largest absolute Gasteiger partial charge is 0.495 e. The Hall–Kier alpha value is -4.13. The Bertz CT molecular complexity index is 1600. The van der Waals surface area contributed by atoms with Crippen molar-refractivity contribution in [3.05, 3.63) is 76.8 Å². The summed E-state index contributed by atoms with van der Waals surface area (Å²) >= 11 is 0. The van der Waals surface area contributed by atoms with Crippen molar-refractivity contribution in [2.45, 2.75) is 23.9 Å². The smallest absolute Gasteiger partial charge is 0.396 e. The quantitative estimate of drug-likeness (QED) is 0.303. The number of halogens is 3. The van der Waals surface area contributed by atoms with Crippen LogP contribution in [0.15, 0.2) is 75.1 Å². The van der Waals surface area contributed by atoms with Gasteiger partial charge in [0.25, 0.3) is 15.6 Å². The van der Waals surface area contributed by atoms with Gasteiger partial charge in [-0.05, 0) is 54.8 Å². The minimum Gasteiger partial charge on any atom is -0.495 e. The van der Waals surface area contributed by atoms with Crippen LogP contribution >= 0.6 is 0 Å². The molecule has 0 saturated heterocycles. The maximum absolute atomic E-state index is 13.0. The van der Waals surface area contributed by atoms with Crippen LogP contribution in [0, 0.1) is 11.3 Å². The topological polar surface area (TPSA) is 127 Å². The summed E-state index contributed by atoms with van der Waals surface area (Å²) in [6.07, 6.45) is -3.16. The number of nitrogens with one attached hydrogen (secondary N) is 2. The number of rotatable bonds is 9. The lowest BCUT2D eigenvalue weighted by Crippen LogP contribution is -2.24. The van der Waals surface area contributed by atoms with Crippen LogP contribution in [-0.4, -0.2) is 37.6 Å². The van der Waals surface area contributed by atoms with E-state index in [0.29, 0.717) is 28.4 Å². The van der Waals surface area contributed by atoms with Crippen molar-refractivity contribution in [1.29, 1.82) is 5.41 Å². The Kier molecular flexibility index (Phi) is 7.07. The molecule has 2 aromatic carbocycles. The number of hydrogen-bond acceptors (Lipinski definition) is 7. The van der Waals surface area contributed by atoms with Gasteiger partial charge in [-0.3, -0.25) is 14.1 Å². The lowest BCUT2D eigenvalue weighted by molar-refractivity contribution is -0.155. The molecule has 0 spiro atoms. The molecule has 9 nitrogen and oxygen atoms in total. The van der Waals surface area contributed by atoms with E-state index in [2.05, 4.69) is 14.4 Å². The van der Waals surface area contributed by atoms with Crippen molar-refractivity contribution in [3.8, 4) is 11.4 Å². The van der Waals surface area contributed by atoms with Crippen LogP contribution in [0.1, 0.15) is 12.0 Å². The van der Waals surface area contributed by atoms with Gasteiger partial charge in [-0.2, -0.15) is 13.2 Å². The minimum absolute atomic E-state index is 0.0112. The average molecular weight is 535 g/mol. The second kappa shape index (κ2) is 10.1. The average Bonchev–Trinajstić information content (AvgIpc) is 3.35. The Labute approximate surface area is 209 Å². The second-order valence-corrected chi connectivity index (χ2v) is 9.76. The van der Waals surface area contributed by atoms with Crippen LogP contribution in [0.3, 0.4) is 0 Å². The van der Waals surface area contributed by atoms with Crippen molar-refractivity contribution >= 4 is 33.0 Å². The fourth-order valence-corrected chi connectivity index (χ4v) is 4.86. The molecule has 0 radical (unpaired) electrons. The van der Waals surface area contributed by atoms with Gasteiger partial charge in [0, 0.05) is 23.7 Å². The SMILES string of the molecule is COc1cc(CC[C@@H](C=N)C(F)(F)F)ccc1-n1c(=O)ccc2cc(S(=O)(=O)Nc3ccon3)ccc21. The highest BCUT2D eigenvalue weighted by molar-refractivity contribution is 7.92. The molecule has 0 unspecified atom stereocenters. The molecule has 0 fully saturated rings. The first-order valence-electron chi connectivity index (χ1n) is 10.9. The molecule has 4 aromatic rings. The molecule has 0 amide bonds. The van der Waals surface area contributed by atoms with Gasteiger partial charge in [-0.15, -0.1) is 0 Å². The van der Waals surface area contributed by atoms with E-state index >= 15 is 0 Å². The minimum atomic E-state index is -4.50. The number of sulfonamides is 1. The number of benzene rings is 2. The second-order valence-electron chi connectivity index (χ2n) is 8.08. The van der Waals surface area contributed by atoms with Crippen LogP contribution < -0.4 is 15.0 Å². The molecule has 2 N–H and O–H groups in total. The van der Waals surface area contributed by atoms with Gasteiger partial charge in [0.05, 0.1) is 29.1 Å². The highest BCUT2D eigenvalue weighted by Gasteiger charge is 2.37. The van der Waals surface area contributed by atoms with Gasteiger partial charge < -0.3 is 14.7 Å². The number of aromatic nitrogens is 2. The molecular weight excluding hydrogens is 513 g/mol. The molecule has 194 valence electrons. The van der Waals surface area contributed by atoms with Crippen molar-refractivity contribution in [2.75, 3.05) is 11.8 Å². The van der Waals surface area contributed by atoms with Crippen molar-refractivity contribution in [3.63, 3.8) is 0 Å². The first-order valence-corrected chi connectivity index (χ1v) is 12.4. The van der Waals surface area contributed by atoms with E-state index in [4.69, 9.17) is 10.1 Å². The summed E-state index contributed by atoms with van der Waals surface area (Å²) in [6.45, 7) is 0. The Morgan fingerprint density at radius 3 is 2.59 bits per heavy atom. The summed E-state index contributed by atoms with van der Waals surface area (Å²) in [6, 6.07) is 13.0. The molecule has 0 bridgehead atoms. The third-order valence-corrected chi connectivity index (χ3v) is 7.06. The monoisotopic (exact) mass is 534 g/mol. The lowest BCUT2D eigenvalue weighted by Gasteiger charge is -2.17. The summed E-state index contributed by atoms with van der Waals surface area (Å²) in [5, 5.41) is 11.0. The Morgan fingerprint density at radius 2 is 1.95 bits per heavy atom. The first-order chi connectivity index (χ1) is 17.5. The third-order valence-electron chi connectivity index (χ3n) is 5.70. The van der Waals surface area contributed by atoms with E-state index in [0.717, 1.165) is 0 Å². The van der Waals surface area contributed by atoms with Crippen LogP contribution in [-0.2, 0) is 16.4 Å². The molecule has 37 heavy (non-hydrogen) atoms. The molecule has 0 aliphatic heterocycles. The van der Waals surface area contributed by atoms with Gasteiger partial charge in [-0.1, -0.05) is 11.2 Å². The van der Waals surface area contributed by atoms with E-state index in [1.165, 1.54) is 54.3 Å². The molecule has 2 heterocycles. The number of aryl methyl sites for hydroxylation is 1.